The minimum absolute atomic E-state index is 1.04. The maximum absolute atomic E-state index is 2.55. The van der Waals surface area contributed by atoms with Crippen molar-refractivity contribution in [3.63, 3.8) is 0 Å². The second-order valence-corrected chi connectivity index (χ2v) is 17.8. The highest BCUT2D eigenvalue weighted by Gasteiger charge is 2.25. The Labute approximate surface area is 356 Å². The number of thiophene rings is 1. The van der Waals surface area contributed by atoms with Crippen LogP contribution in [0, 0.1) is 0 Å². The fraction of sp³-hybridized carbons (Fsp3) is 0.0345. The van der Waals surface area contributed by atoms with E-state index < -0.39 is 0 Å². The molecule has 61 heavy (non-hydrogen) atoms. The molecule has 0 bridgehead atoms. The van der Waals surface area contributed by atoms with Gasteiger partial charge in [0.05, 0.1) is 22.2 Å². The van der Waals surface area contributed by atoms with Crippen LogP contribution in [0.3, 0.4) is 0 Å². The van der Waals surface area contributed by atoms with Gasteiger partial charge < -0.3 is 9.13 Å². The molecule has 3 aromatic heterocycles. The summed E-state index contributed by atoms with van der Waals surface area (Å²) in [6.45, 7) is 0. The molecule has 0 amide bonds. The average molecular weight is 793 g/mol. The van der Waals surface area contributed by atoms with E-state index in [9.17, 15) is 0 Å². The van der Waals surface area contributed by atoms with Crippen molar-refractivity contribution in [3.05, 3.63) is 199 Å². The monoisotopic (exact) mass is 792 g/mol. The molecular formula is C58H36N2S. The Balaban J connectivity index is 1.05. The third kappa shape index (κ3) is 4.67. The number of nitrogens with zero attached hydrogens (tertiary/aromatic N) is 2. The Morgan fingerprint density at radius 1 is 0.393 bits per heavy atom. The minimum atomic E-state index is 1.04. The number of rotatable bonds is 4. The summed E-state index contributed by atoms with van der Waals surface area (Å²) in [5, 5.41) is 9.12. The third-order valence-electron chi connectivity index (χ3n) is 13.5. The molecule has 9 aromatic carbocycles. The number of aryl methyl sites for hydroxylation is 1. The van der Waals surface area contributed by atoms with Gasteiger partial charge in [0.1, 0.15) is 0 Å². The molecule has 3 heterocycles. The van der Waals surface area contributed by atoms with Crippen LogP contribution in [-0.2, 0) is 6.42 Å². The van der Waals surface area contributed by atoms with E-state index in [-0.39, 0.29) is 0 Å². The molecule has 0 fully saturated rings. The highest BCUT2D eigenvalue weighted by atomic mass is 32.1. The second kappa shape index (κ2) is 12.5. The molecule has 0 aliphatic heterocycles. The number of benzene rings is 9. The molecule has 3 heteroatoms. The molecule has 0 spiro atoms. The lowest BCUT2D eigenvalue weighted by molar-refractivity contribution is 0.968. The van der Waals surface area contributed by atoms with E-state index in [1.165, 1.54) is 125 Å². The summed E-state index contributed by atoms with van der Waals surface area (Å²) in [4.78, 5) is 0. The zero-order chi connectivity index (χ0) is 39.8. The van der Waals surface area contributed by atoms with Crippen molar-refractivity contribution in [1.82, 2.24) is 9.13 Å². The smallest absolute Gasteiger partial charge is 0.0562 e. The van der Waals surface area contributed by atoms with Crippen LogP contribution in [-0.4, -0.2) is 9.13 Å². The molecule has 14 rings (SSSR count). The van der Waals surface area contributed by atoms with Crippen LogP contribution < -0.4 is 0 Å². The summed E-state index contributed by atoms with van der Waals surface area (Å²) >= 11 is 1.88. The lowest BCUT2D eigenvalue weighted by Crippen LogP contribution is -2.03. The van der Waals surface area contributed by atoms with Crippen molar-refractivity contribution in [2.24, 2.45) is 0 Å². The molecule has 12 aromatic rings. The summed E-state index contributed by atoms with van der Waals surface area (Å²) in [5.41, 5.74) is 19.0. The second-order valence-electron chi connectivity index (χ2n) is 16.7. The molecule has 2 aliphatic carbocycles. The average Bonchev–Trinajstić information content (AvgIpc) is 4.06. The van der Waals surface area contributed by atoms with E-state index >= 15 is 0 Å². The van der Waals surface area contributed by atoms with E-state index in [0.29, 0.717) is 0 Å². The van der Waals surface area contributed by atoms with Crippen LogP contribution in [0.4, 0.5) is 0 Å². The quantitative estimate of drug-likeness (QED) is 0.168. The van der Waals surface area contributed by atoms with Gasteiger partial charge >= 0.3 is 0 Å². The Kier molecular flexibility index (Phi) is 6.86. The molecule has 0 atom stereocenters. The van der Waals surface area contributed by atoms with Crippen molar-refractivity contribution < 1.29 is 0 Å². The minimum Gasteiger partial charge on any atom is -0.309 e. The van der Waals surface area contributed by atoms with Crippen LogP contribution in [0.5, 0.6) is 0 Å². The van der Waals surface area contributed by atoms with Gasteiger partial charge in [-0.2, -0.15) is 0 Å². The van der Waals surface area contributed by atoms with Gasteiger partial charge in [-0.1, -0.05) is 133 Å². The zero-order valence-corrected chi connectivity index (χ0v) is 34.0. The Morgan fingerprint density at radius 2 is 1.07 bits per heavy atom. The molecule has 0 saturated carbocycles. The van der Waals surface area contributed by atoms with E-state index in [2.05, 4.69) is 203 Å². The first-order valence-electron chi connectivity index (χ1n) is 21.3. The summed E-state index contributed by atoms with van der Waals surface area (Å²) in [6.07, 6.45) is 6.81. The molecule has 0 unspecified atom stereocenters. The number of allylic oxidation sites excluding steroid dienone is 1. The summed E-state index contributed by atoms with van der Waals surface area (Å²) < 4.78 is 7.70. The van der Waals surface area contributed by atoms with Gasteiger partial charge in [-0.3, -0.25) is 0 Å². The molecule has 0 N–H and O–H groups in total. The van der Waals surface area contributed by atoms with Crippen molar-refractivity contribution in [3.8, 4) is 55.9 Å². The van der Waals surface area contributed by atoms with Gasteiger partial charge in [-0.25, -0.2) is 0 Å². The summed E-state index contributed by atoms with van der Waals surface area (Å²) in [5.74, 6) is 0. The van der Waals surface area contributed by atoms with Crippen LogP contribution in [0.2, 0.25) is 0 Å². The van der Waals surface area contributed by atoms with Gasteiger partial charge in [0.25, 0.3) is 0 Å². The Hall–Kier alpha value is -7.46. The van der Waals surface area contributed by atoms with Crippen molar-refractivity contribution in [2.75, 3.05) is 0 Å². The number of para-hydroxylation sites is 2. The number of hydrogen-bond donors (Lipinski definition) is 0. The Morgan fingerprint density at radius 3 is 1.95 bits per heavy atom. The van der Waals surface area contributed by atoms with E-state index in [0.717, 1.165) is 18.5 Å². The van der Waals surface area contributed by atoms with Gasteiger partial charge in [0.2, 0.25) is 0 Å². The van der Waals surface area contributed by atoms with E-state index in [4.69, 9.17) is 0 Å². The van der Waals surface area contributed by atoms with Gasteiger partial charge in [0, 0.05) is 53.3 Å². The zero-order valence-electron chi connectivity index (χ0n) is 33.2. The molecule has 2 nitrogen and oxygen atoms in total. The number of hydrogen-bond acceptors (Lipinski definition) is 1. The van der Waals surface area contributed by atoms with Crippen LogP contribution >= 0.6 is 11.3 Å². The third-order valence-corrected chi connectivity index (χ3v) is 14.7. The van der Waals surface area contributed by atoms with Crippen molar-refractivity contribution in [1.29, 1.82) is 0 Å². The van der Waals surface area contributed by atoms with Crippen LogP contribution in [0.1, 0.15) is 17.7 Å². The first kappa shape index (κ1) is 33.4. The molecular weight excluding hydrogens is 757 g/mol. The number of fused-ring (bicyclic) bond motifs is 12. The lowest BCUT2D eigenvalue weighted by Gasteiger charge is -2.18. The predicted octanol–water partition coefficient (Wildman–Crippen LogP) is 16.2. The van der Waals surface area contributed by atoms with Gasteiger partial charge in [-0.15, -0.1) is 11.3 Å². The molecule has 284 valence electrons. The maximum atomic E-state index is 2.55. The maximum Gasteiger partial charge on any atom is 0.0562 e. The standard InChI is InChI=1S/C58H36N2S/c1-2-16-40-39(15-1)46-22-12-21-45-38(28-29-47(40)58(45)46)35-13-11-14-37(31-35)59-51-23-7-5-19-43(51)49-33-48(36-27-30-57-50(32-36)44-20-6-10-26-56(44)61-57)54(34-55(49)59)60-52-24-8-3-17-41(52)42-18-4-9-25-53(42)60/h1-3,5-17,19-34H,4,18H2. The normalized spacial score (nSPS) is 13.0. The number of aromatic nitrogens is 2. The Bertz CT molecular complexity index is 3860. The highest BCUT2D eigenvalue weighted by Crippen LogP contribution is 2.50. The van der Waals surface area contributed by atoms with Gasteiger partial charge in [0.15, 0.2) is 0 Å². The molecule has 2 aliphatic rings. The van der Waals surface area contributed by atoms with E-state index in [1.54, 1.807) is 0 Å². The highest BCUT2D eigenvalue weighted by molar-refractivity contribution is 7.25. The molecule has 0 radical (unpaired) electrons. The topological polar surface area (TPSA) is 9.86 Å². The predicted molar refractivity (Wildman–Crippen MR) is 261 cm³/mol. The van der Waals surface area contributed by atoms with Gasteiger partial charge in [-0.05, 0) is 129 Å². The van der Waals surface area contributed by atoms with E-state index in [1.807, 2.05) is 11.3 Å². The van der Waals surface area contributed by atoms with Crippen molar-refractivity contribution >= 4 is 81.1 Å². The van der Waals surface area contributed by atoms with Crippen LogP contribution in [0.25, 0.3) is 126 Å². The lowest BCUT2D eigenvalue weighted by atomic mass is 9.94. The molecule has 0 saturated heterocycles. The first-order valence-corrected chi connectivity index (χ1v) is 22.1. The summed E-state index contributed by atoms with van der Waals surface area (Å²) in [7, 11) is 0. The van der Waals surface area contributed by atoms with Crippen LogP contribution in [0.15, 0.2) is 188 Å². The largest absolute Gasteiger partial charge is 0.309 e. The summed E-state index contributed by atoms with van der Waals surface area (Å²) in [6, 6.07) is 68.4. The first-order chi connectivity index (χ1) is 30.3. The SMILES string of the molecule is C1=Cc2c(c3ccccc3n2-c2cc3c(cc2-c2ccc4sc5ccccc5c4c2)c2ccccc2n3-c2cccc(-c3ccc4c5c(cccc35)-c3ccccc3-4)c2)CC1. The van der Waals surface area contributed by atoms with Crippen molar-refractivity contribution in [2.45, 2.75) is 12.8 Å². The fourth-order valence-corrected chi connectivity index (χ4v) is 12.0. The fourth-order valence-electron chi connectivity index (χ4n) is 10.9.